The van der Waals surface area contributed by atoms with E-state index in [1.807, 2.05) is 0 Å². The van der Waals surface area contributed by atoms with Crippen molar-refractivity contribution in [2.75, 3.05) is 17.2 Å². The fourth-order valence-corrected chi connectivity index (χ4v) is 1.54. The quantitative estimate of drug-likeness (QED) is 0.822. The zero-order valence-corrected chi connectivity index (χ0v) is 11.6. The highest BCUT2D eigenvalue weighted by Gasteiger charge is 2.24. The first-order chi connectivity index (χ1) is 8.36. The molecule has 0 saturated carbocycles. The summed E-state index contributed by atoms with van der Waals surface area (Å²) in [6.07, 6.45) is 0. The molecule has 18 heavy (non-hydrogen) atoms. The molecule has 2 N–H and O–H groups in total. The maximum Gasteiger partial charge on any atom is 0.262 e. The van der Waals surface area contributed by atoms with E-state index in [1.165, 1.54) is 0 Å². The Morgan fingerprint density at radius 2 is 2.22 bits per heavy atom. The normalized spacial score (nSPS) is 14.3. The largest absolute Gasteiger partial charge is 0.482 e. The number of benzene rings is 1. The van der Waals surface area contributed by atoms with Crippen LogP contribution in [0.2, 0.25) is 0 Å². The van der Waals surface area contributed by atoms with Gasteiger partial charge in [-0.1, -0.05) is 15.9 Å². The number of hydrogen-bond acceptors (Lipinski definition) is 3. The lowest BCUT2D eigenvalue weighted by atomic mass is 10.2. The van der Waals surface area contributed by atoms with Crippen molar-refractivity contribution in [3.8, 4) is 5.75 Å². The summed E-state index contributed by atoms with van der Waals surface area (Å²) in [6, 6.07) is 5.11. The van der Waals surface area contributed by atoms with E-state index in [4.69, 9.17) is 4.74 Å². The van der Waals surface area contributed by atoms with Crippen LogP contribution in [0, 0.1) is 0 Å². The summed E-state index contributed by atoms with van der Waals surface area (Å²) in [5.74, 6) is 0.239. The molecule has 2 amide bonds. The van der Waals surface area contributed by atoms with Crippen LogP contribution in [-0.2, 0) is 9.59 Å². The molecule has 0 bridgehead atoms. The number of nitrogens with one attached hydrogen (secondary N) is 2. The molecule has 1 aliphatic heterocycles. The lowest BCUT2D eigenvalue weighted by molar-refractivity contribution is -0.118. The van der Waals surface area contributed by atoms with Crippen molar-refractivity contribution in [3.63, 3.8) is 0 Å². The molecule has 1 aromatic carbocycles. The van der Waals surface area contributed by atoms with Gasteiger partial charge in [-0.2, -0.15) is 0 Å². The Balaban J connectivity index is 2.19. The number of carbonyl (C=O) groups excluding carboxylic acids is 2. The van der Waals surface area contributed by atoms with E-state index in [1.54, 1.807) is 32.0 Å². The van der Waals surface area contributed by atoms with Crippen LogP contribution in [-0.4, -0.2) is 22.7 Å². The molecule has 0 fully saturated rings. The van der Waals surface area contributed by atoms with E-state index in [9.17, 15) is 9.59 Å². The van der Waals surface area contributed by atoms with Crippen LogP contribution in [0.25, 0.3) is 0 Å². The van der Waals surface area contributed by atoms with Crippen LogP contribution < -0.4 is 15.4 Å². The molecule has 0 aromatic heterocycles. The molecular formula is C12H13BrN2O3. The minimum atomic E-state index is -0.650. The zero-order valence-electron chi connectivity index (χ0n) is 10.0. The maximum absolute atomic E-state index is 11.8. The van der Waals surface area contributed by atoms with E-state index in [0.29, 0.717) is 17.1 Å². The first-order valence-electron chi connectivity index (χ1n) is 5.43. The Kier molecular flexibility index (Phi) is 3.30. The number of hydrogen-bond donors (Lipinski definition) is 2. The van der Waals surface area contributed by atoms with Crippen molar-refractivity contribution in [2.45, 2.75) is 18.2 Å². The summed E-state index contributed by atoms with van der Waals surface area (Å²) in [5, 5.41) is 5.44. The lowest BCUT2D eigenvalue weighted by Crippen LogP contribution is -2.31. The summed E-state index contributed by atoms with van der Waals surface area (Å²) in [6.45, 7) is 3.53. The Morgan fingerprint density at radius 1 is 1.50 bits per heavy atom. The Morgan fingerprint density at radius 3 is 2.89 bits per heavy atom. The minimum Gasteiger partial charge on any atom is -0.482 e. The van der Waals surface area contributed by atoms with Gasteiger partial charge >= 0.3 is 0 Å². The highest BCUT2D eigenvalue weighted by molar-refractivity contribution is 9.10. The molecule has 2 rings (SSSR count). The monoisotopic (exact) mass is 312 g/mol. The molecule has 1 aromatic rings. The summed E-state index contributed by atoms with van der Waals surface area (Å²) in [7, 11) is 0. The molecule has 0 radical (unpaired) electrons. The standard InChI is InChI=1S/C12H13BrN2O3/c1-12(2,13)11(17)14-7-3-4-9-8(5-7)15-10(16)6-18-9/h3-5H,6H2,1-2H3,(H,14,17)(H,15,16). The average Bonchev–Trinajstić information content (AvgIpc) is 2.27. The number of ether oxygens (including phenoxy) is 1. The van der Waals surface area contributed by atoms with Gasteiger partial charge in [0.1, 0.15) is 5.75 Å². The van der Waals surface area contributed by atoms with E-state index in [2.05, 4.69) is 26.6 Å². The fraction of sp³-hybridized carbons (Fsp3) is 0.333. The molecule has 0 spiro atoms. The Labute approximate surface area is 113 Å². The van der Waals surface area contributed by atoms with Crippen LogP contribution in [0.1, 0.15) is 13.8 Å². The van der Waals surface area contributed by atoms with Gasteiger partial charge in [0.05, 0.1) is 10.0 Å². The van der Waals surface area contributed by atoms with Crippen molar-refractivity contribution in [2.24, 2.45) is 0 Å². The van der Waals surface area contributed by atoms with E-state index < -0.39 is 4.32 Å². The molecular weight excluding hydrogens is 300 g/mol. The summed E-state index contributed by atoms with van der Waals surface area (Å²) >= 11 is 3.28. The molecule has 0 saturated heterocycles. The molecule has 6 heteroatoms. The van der Waals surface area contributed by atoms with E-state index in [-0.39, 0.29) is 18.4 Å². The van der Waals surface area contributed by atoms with Crippen molar-refractivity contribution in [1.82, 2.24) is 0 Å². The molecule has 0 aliphatic carbocycles. The van der Waals surface area contributed by atoms with Gasteiger partial charge in [-0.15, -0.1) is 0 Å². The van der Waals surface area contributed by atoms with Crippen LogP contribution in [0.4, 0.5) is 11.4 Å². The number of fused-ring (bicyclic) bond motifs is 1. The third-order valence-electron chi connectivity index (χ3n) is 2.41. The van der Waals surface area contributed by atoms with E-state index in [0.717, 1.165) is 0 Å². The summed E-state index contributed by atoms with van der Waals surface area (Å²) < 4.78 is 4.58. The van der Waals surface area contributed by atoms with Gasteiger partial charge in [0, 0.05) is 5.69 Å². The van der Waals surface area contributed by atoms with Gasteiger partial charge in [0.15, 0.2) is 6.61 Å². The first kappa shape index (κ1) is 12.9. The van der Waals surface area contributed by atoms with Gasteiger partial charge < -0.3 is 15.4 Å². The second-order valence-electron chi connectivity index (χ2n) is 4.47. The highest BCUT2D eigenvalue weighted by Crippen LogP contribution is 2.31. The van der Waals surface area contributed by atoms with Gasteiger partial charge in [-0.25, -0.2) is 0 Å². The molecule has 1 heterocycles. The van der Waals surface area contributed by atoms with Crippen LogP contribution in [0.3, 0.4) is 0 Å². The first-order valence-corrected chi connectivity index (χ1v) is 6.22. The number of alkyl halides is 1. The smallest absolute Gasteiger partial charge is 0.262 e. The van der Waals surface area contributed by atoms with Gasteiger partial charge in [-0.3, -0.25) is 9.59 Å². The van der Waals surface area contributed by atoms with Crippen LogP contribution >= 0.6 is 15.9 Å². The third kappa shape index (κ3) is 2.81. The second-order valence-corrected chi connectivity index (χ2v) is 6.46. The van der Waals surface area contributed by atoms with Gasteiger partial charge in [0.25, 0.3) is 5.91 Å². The SMILES string of the molecule is CC(C)(Br)C(=O)Nc1ccc2c(c1)NC(=O)CO2. The molecule has 5 nitrogen and oxygen atoms in total. The van der Waals surface area contributed by atoms with Crippen LogP contribution in [0.15, 0.2) is 18.2 Å². The second kappa shape index (κ2) is 4.61. The van der Waals surface area contributed by atoms with Crippen molar-refractivity contribution < 1.29 is 14.3 Å². The van der Waals surface area contributed by atoms with E-state index >= 15 is 0 Å². The highest BCUT2D eigenvalue weighted by atomic mass is 79.9. The number of halogens is 1. The van der Waals surface area contributed by atoms with Crippen LogP contribution in [0.5, 0.6) is 5.75 Å². The number of carbonyl (C=O) groups is 2. The maximum atomic E-state index is 11.8. The molecule has 0 atom stereocenters. The fourth-order valence-electron chi connectivity index (χ4n) is 1.44. The third-order valence-corrected chi connectivity index (χ3v) is 2.77. The molecule has 0 unspecified atom stereocenters. The van der Waals surface area contributed by atoms with Crippen molar-refractivity contribution >= 4 is 39.1 Å². The number of rotatable bonds is 2. The van der Waals surface area contributed by atoms with Gasteiger partial charge in [0.2, 0.25) is 5.91 Å². The van der Waals surface area contributed by atoms with Crippen molar-refractivity contribution in [3.05, 3.63) is 18.2 Å². The van der Waals surface area contributed by atoms with Gasteiger partial charge in [-0.05, 0) is 32.0 Å². The summed E-state index contributed by atoms with van der Waals surface area (Å²) in [4.78, 5) is 23.0. The zero-order chi connectivity index (χ0) is 13.3. The average molecular weight is 313 g/mol. The van der Waals surface area contributed by atoms with Crippen molar-refractivity contribution in [1.29, 1.82) is 0 Å². The molecule has 1 aliphatic rings. The predicted molar refractivity (Wildman–Crippen MR) is 72.2 cm³/mol. The number of anilines is 2. The molecule has 96 valence electrons. The minimum absolute atomic E-state index is 0.0210. The number of amides is 2. The topological polar surface area (TPSA) is 67.4 Å². The Hall–Kier alpha value is -1.56. The Bertz CT molecular complexity index is 509. The predicted octanol–water partition coefficient (Wildman–Crippen LogP) is 2.13. The summed E-state index contributed by atoms with van der Waals surface area (Å²) in [5.41, 5.74) is 1.17. The lowest BCUT2D eigenvalue weighted by Gasteiger charge is -2.20.